The summed E-state index contributed by atoms with van der Waals surface area (Å²) in [5, 5.41) is 10.2. The smallest absolute Gasteiger partial charge is 0.347 e. The molecule has 2 rings (SSSR count). The summed E-state index contributed by atoms with van der Waals surface area (Å²) >= 11 is 1.33. The summed E-state index contributed by atoms with van der Waals surface area (Å²) in [5.74, 6) is 0.0211. The van der Waals surface area contributed by atoms with Gasteiger partial charge in [-0.1, -0.05) is 38.5 Å². The first-order chi connectivity index (χ1) is 9.02. The summed E-state index contributed by atoms with van der Waals surface area (Å²) in [5.41, 5.74) is 0.728. The van der Waals surface area contributed by atoms with Gasteiger partial charge in [-0.25, -0.2) is 9.78 Å². The van der Waals surface area contributed by atoms with E-state index in [0.717, 1.165) is 23.9 Å². The van der Waals surface area contributed by atoms with Gasteiger partial charge in [0.05, 0.1) is 5.69 Å². The quantitative estimate of drug-likeness (QED) is 0.917. The van der Waals surface area contributed by atoms with Crippen molar-refractivity contribution < 1.29 is 9.90 Å². The zero-order chi connectivity index (χ0) is 14.0. The molecule has 1 saturated heterocycles. The van der Waals surface area contributed by atoms with Gasteiger partial charge < -0.3 is 10.0 Å². The predicted octanol–water partition coefficient (Wildman–Crippen LogP) is 3.59. The molecule has 0 amide bonds. The predicted molar refractivity (Wildman–Crippen MR) is 78.4 cm³/mol. The Balaban J connectivity index is 2.25. The second-order valence-corrected chi connectivity index (χ2v) is 6.51. The molecule has 106 valence electrons. The largest absolute Gasteiger partial charge is 0.477 e. The molecule has 19 heavy (non-hydrogen) atoms. The van der Waals surface area contributed by atoms with Crippen molar-refractivity contribution in [2.75, 3.05) is 18.0 Å². The lowest BCUT2D eigenvalue weighted by Gasteiger charge is -2.31. The van der Waals surface area contributed by atoms with Crippen LogP contribution in [-0.4, -0.2) is 29.1 Å². The van der Waals surface area contributed by atoms with Gasteiger partial charge in [0.25, 0.3) is 0 Å². The standard InChI is InChI=1S/C14H22N2O2S/c1-4-10-6-5-7-16(8-10)14-15-11(9(2)3)12(19-14)13(17)18/h9-10H,4-8H2,1-3H3,(H,17,18). The molecule has 0 spiro atoms. The highest BCUT2D eigenvalue weighted by atomic mass is 32.1. The van der Waals surface area contributed by atoms with Crippen molar-refractivity contribution in [2.45, 2.75) is 46.0 Å². The number of thiazole rings is 1. The first-order valence-electron chi connectivity index (χ1n) is 7.01. The Kier molecular flexibility index (Phi) is 4.45. The first-order valence-corrected chi connectivity index (χ1v) is 7.83. The average Bonchev–Trinajstić information content (AvgIpc) is 2.84. The van der Waals surface area contributed by atoms with Crippen LogP contribution in [0.15, 0.2) is 0 Å². The van der Waals surface area contributed by atoms with Crippen LogP contribution in [0.4, 0.5) is 5.13 Å². The second-order valence-electron chi connectivity index (χ2n) is 5.53. The number of carbonyl (C=O) groups is 1. The molecule has 0 aliphatic carbocycles. The number of anilines is 1. The fraction of sp³-hybridized carbons (Fsp3) is 0.714. The molecule has 2 heterocycles. The summed E-state index contributed by atoms with van der Waals surface area (Å²) < 4.78 is 0. The zero-order valence-corrected chi connectivity index (χ0v) is 12.7. The average molecular weight is 282 g/mol. The lowest BCUT2D eigenvalue weighted by atomic mass is 9.96. The van der Waals surface area contributed by atoms with Crippen LogP contribution in [0.1, 0.15) is 61.3 Å². The Morgan fingerprint density at radius 1 is 1.58 bits per heavy atom. The number of hydrogen-bond donors (Lipinski definition) is 1. The third-order valence-electron chi connectivity index (χ3n) is 3.75. The van der Waals surface area contributed by atoms with Gasteiger partial charge in [-0.05, 0) is 24.7 Å². The van der Waals surface area contributed by atoms with E-state index in [1.165, 1.54) is 30.6 Å². The van der Waals surface area contributed by atoms with Gasteiger partial charge in [-0.3, -0.25) is 0 Å². The summed E-state index contributed by atoms with van der Waals surface area (Å²) in [6, 6.07) is 0. The number of nitrogens with zero attached hydrogens (tertiary/aromatic N) is 2. The number of aromatic carboxylic acids is 1. The monoisotopic (exact) mass is 282 g/mol. The van der Waals surface area contributed by atoms with E-state index in [1.54, 1.807) is 0 Å². The second kappa shape index (κ2) is 5.90. The Bertz CT molecular complexity index is 456. The van der Waals surface area contributed by atoms with Gasteiger partial charge in [0.15, 0.2) is 5.13 Å². The highest BCUT2D eigenvalue weighted by Gasteiger charge is 2.25. The molecule has 1 fully saturated rings. The van der Waals surface area contributed by atoms with Crippen molar-refractivity contribution >= 4 is 22.4 Å². The third-order valence-corrected chi connectivity index (χ3v) is 4.87. The molecule has 4 nitrogen and oxygen atoms in total. The van der Waals surface area contributed by atoms with E-state index in [4.69, 9.17) is 0 Å². The Hall–Kier alpha value is -1.10. The summed E-state index contributed by atoms with van der Waals surface area (Å²) in [4.78, 5) is 18.6. The van der Waals surface area contributed by atoms with Gasteiger partial charge in [0, 0.05) is 13.1 Å². The van der Waals surface area contributed by atoms with Crippen LogP contribution in [0, 0.1) is 5.92 Å². The van der Waals surface area contributed by atoms with E-state index in [1.807, 2.05) is 13.8 Å². The highest BCUT2D eigenvalue weighted by Crippen LogP contribution is 2.33. The molecule has 5 heteroatoms. The van der Waals surface area contributed by atoms with Crippen molar-refractivity contribution in [1.82, 2.24) is 4.98 Å². The maximum absolute atomic E-state index is 11.3. The SMILES string of the molecule is CCC1CCCN(c2nc(C(C)C)c(C(=O)O)s2)C1. The number of aromatic nitrogens is 1. The summed E-state index contributed by atoms with van der Waals surface area (Å²) in [6.45, 7) is 8.23. The number of carboxylic acid groups (broad SMARTS) is 1. The Morgan fingerprint density at radius 3 is 2.84 bits per heavy atom. The van der Waals surface area contributed by atoms with Gasteiger partial charge >= 0.3 is 5.97 Å². The number of rotatable bonds is 4. The molecule has 0 bridgehead atoms. The molecular weight excluding hydrogens is 260 g/mol. The topological polar surface area (TPSA) is 53.4 Å². The van der Waals surface area contributed by atoms with E-state index in [2.05, 4.69) is 16.8 Å². The lowest BCUT2D eigenvalue weighted by Crippen LogP contribution is -2.35. The van der Waals surface area contributed by atoms with Gasteiger partial charge in [0.2, 0.25) is 0 Å². The molecule has 1 aliphatic rings. The van der Waals surface area contributed by atoms with E-state index in [0.29, 0.717) is 10.8 Å². The van der Waals surface area contributed by atoms with E-state index < -0.39 is 5.97 Å². The van der Waals surface area contributed by atoms with E-state index in [9.17, 15) is 9.90 Å². The highest BCUT2D eigenvalue weighted by molar-refractivity contribution is 7.17. The number of hydrogen-bond acceptors (Lipinski definition) is 4. The Morgan fingerprint density at radius 2 is 2.32 bits per heavy atom. The molecule has 1 aromatic rings. The molecule has 0 saturated carbocycles. The zero-order valence-electron chi connectivity index (χ0n) is 11.8. The van der Waals surface area contributed by atoms with Crippen LogP contribution in [0.25, 0.3) is 0 Å². The Labute approximate surface area is 118 Å². The molecule has 1 aliphatic heterocycles. The molecule has 1 aromatic heterocycles. The van der Waals surface area contributed by atoms with Crippen molar-refractivity contribution in [1.29, 1.82) is 0 Å². The van der Waals surface area contributed by atoms with Crippen LogP contribution < -0.4 is 4.90 Å². The molecule has 1 atom stereocenters. The minimum Gasteiger partial charge on any atom is -0.477 e. The van der Waals surface area contributed by atoms with Crippen LogP contribution in [0.3, 0.4) is 0 Å². The molecule has 1 unspecified atom stereocenters. The normalized spacial score (nSPS) is 20.0. The van der Waals surface area contributed by atoms with Crippen molar-refractivity contribution in [3.05, 3.63) is 10.6 Å². The minimum absolute atomic E-state index is 0.155. The van der Waals surface area contributed by atoms with Crippen molar-refractivity contribution in [3.8, 4) is 0 Å². The maximum Gasteiger partial charge on any atom is 0.347 e. The lowest BCUT2D eigenvalue weighted by molar-refractivity contribution is 0.0700. The molecule has 0 radical (unpaired) electrons. The molecule has 0 aromatic carbocycles. The van der Waals surface area contributed by atoms with Crippen LogP contribution >= 0.6 is 11.3 Å². The molecule has 1 N–H and O–H groups in total. The van der Waals surface area contributed by atoms with Crippen molar-refractivity contribution in [2.24, 2.45) is 5.92 Å². The minimum atomic E-state index is -0.850. The third kappa shape index (κ3) is 3.08. The summed E-state index contributed by atoms with van der Waals surface area (Å²) in [6.07, 6.45) is 3.64. The fourth-order valence-electron chi connectivity index (χ4n) is 2.57. The fourth-order valence-corrected chi connectivity index (χ4v) is 3.67. The van der Waals surface area contributed by atoms with Gasteiger partial charge in [-0.15, -0.1) is 0 Å². The molecular formula is C14H22N2O2S. The number of piperidine rings is 1. The summed E-state index contributed by atoms with van der Waals surface area (Å²) in [7, 11) is 0. The van der Waals surface area contributed by atoms with Crippen molar-refractivity contribution in [3.63, 3.8) is 0 Å². The first kappa shape index (κ1) is 14.3. The van der Waals surface area contributed by atoms with E-state index in [-0.39, 0.29) is 5.92 Å². The van der Waals surface area contributed by atoms with Gasteiger partial charge in [0.1, 0.15) is 4.88 Å². The maximum atomic E-state index is 11.3. The van der Waals surface area contributed by atoms with Crippen LogP contribution in [0.5, 0.6) is 0 Å². The van der Waals surface area contributed by atoms with Crippen LogP contribution in [0.2, 0.25) is 0 Å². The van der Waals surface area contributed by atoms with Gasteiger partial charge in [-0.2, -0.15) is 0 Å². The number of carboxylic acids is 1. The van der Waals surface area contributed by atoms with E-state index >= 15 is 0 Å². The van der Waals surface area contributed by atoms with Crippen LogP contribution in [-0.2, 0) is 0 Å².